The third-order valence-electron chi connectivity index (χ3n) is 1.40. The highest BCUT2D eigenvalue weighted by atomic mass is 16.5. The van der Waals surface area contributed by atoms with Crippen molar-refractivity contribution in [3.8, 4) is 0 Å². The van der Waals surface area contributed by atoms with Crippen LogP contribution in [-0.2, 0) is 4.74 Å². The van der Waals surface area contributed by atoms with E-state index in [2.05, 4.69) is 0 Å². The standard InChI is InChI=1S/C7H16O3/c1-3-7(10-4-2)6(9)5-8/h6-9H,3-5H2,1-2H3. The summed E-state index contributed by atoms with van der Waals surface area (Å²) in [5.74, 6) is 0. The van der Waals surface area contributed by atoms with Gasteiger partial charge in [0, 0.05) is 6.61 Å². The van der Waals surface area contributed by atoms with E-state index in [0.29, 0.717) is 6.61 Å². The van der Waals surface area contributed by atoms with Crippen molar-refractivity contribution in [1.29, 1.82) is 0 Å². The van der Waals surface area contributed by atoms with Crippen LogP contribution < -0.4 is 0 Å². The minimum absolute atomic E-state index is 0.213. The van der Waals surface area contributed by atoms with Gasteiger partial charge in [-0.2, -0.15) is 0 Å². The molecule has 0 aromatic carbocycles. The van der Waals surface area contributed by atoms with E-state index < -0.39 is 6.10 Å². The average molecular weight is 148 g/mol. The Morgan fingerprint density at radius 2 is 2.00 bits per heavy atom. The van der Waals surface area contributed by atoms with Crippen molar-refractivity contribution in [3.63, 3.8) is 0 Å². The van der Waals surface area contributed by atoms with E-state index in [1.165, 1.54) is 0 Å². The topological polar surface area (TPSA) is 49.7 Å². The van der Waals surface area contributed by atoms with Crippen molar-refractivity contribution < 1.29 is 14.9 Å². The molecule has 0 radical (unpaired) electrons. The summed E-state index contributed by atoms with van der Waals surface area (Å²) in [5.41, 5.74) is 0. The van der Waals surface area contributed by atoms with Gasteiger partial charge in [0.15, 0.2) is 0 Å². The monoisotopic (exact) mass is 148 g/mol. The van der Waals surface area contributed by atoms with E-state index in [9.17, 15) is 0 Å². The Bertz CT molecular complexity index is 75.3. The van der Waals surface area contributed by atoms with Gasteiger partial charge < -0.3 is 14.9 Å². The van der Waals surface area contributed by atoms with Gasteiger partial charge in [-0.05, 0) is 13.3 Å². The van der Waals surface area contributed by atoms with E-state index >= 15 is 0 Å². The highest BCUT2D eigenvalue weighted by Gasteiger charge is 2.15. The first-order valence-electron chi connectivity index (χ1n) is 3.66. The second kappa shape index (κ2) is 5.65. The predicted molar refractivity (Wildman–Crippen MR) is 38.8 cm³/mol. The molecule has 3 nitrogen and oxygen atoms in total. The van der Waals surface area contributed by atoms with Crippen LogP contribution in [0.1, 0.15) is 20.3 Å². The Morgan fingerprint density at radius 1 is 1.40 bits per heavy atom. The Kier molecular flexibility index (Phi) is 5.58. The molecule has 0 aliphatic carbocycles. The van der Waals surface area contributed by atoms with Crippen LogP contribution in [0.15, 0.2) is 0 Å². The van der Waals surface area contributed by atoms with Crippen LogP contribution in [0.5, 0.6) is 0 Å². The zero-order valence-corrected chi connectivity index (χ0v) is 6.58. The molecule has 0 aliphatic heterocycles. The van der Waals surface area contributed by atoms with Gasteiger partial charge in [0.25, 0.3) is 0 Å². The maximum absolute atomic E-state index is 9.07. The third kappa shape index (κ3) is 3.15. The number of rotatable bonds is 5. The van der Waals surface area contributed by atoms with Gasteiger partial charge in [-0.1, -0.05) is 6.92 Å². The number of aliphatic hydroxyl groups is 2. The van der Waals surface area contributed by atoms with Gasteiger partial charge >= 0.3 is 0 Å². The molecule has 10 heavy (non-hydrogen) atoms. The largest absolute Gasteiger partial charge is 0.394 e. The highest BCUT2D eigenvalue weighted by Crippen LogP contribution is 2.02. The molecule has 0 aromatic heterocycles. The minimum Gasteiger partial charge on any atom is -0.394 e. The van der Waals surface area contributed by atoms with E-state index in [1.54, 1.807) is 0 Å². The maximum Gasteiger partial charge on any atom is 0.103 e. The molecule has 0 saturated carbocycles. The van der Waals surface area contributed by atoms with Crippen LogP contribution in [0.3, 0.4) is 0 Å². The Labute approximate surface area is 61.6 Å². The molecular weight excluding hydrogens is 132 g/mol. The van der Waals surface area contributed by atoms with Gasteiger partial charge in [-0.3, -0.25) is 0 Å². The summed E-state index contributed by atoms with van der Waals surface area (Å²) < 4.78 is 5.13. The first-order chi connectivity index (χ1) is 4.76. The van der Waals surface area contributed by atoms with Crippen LogP contribution in [-0.4, -0.2) is 35.6 Å². The summed E-state index contributed by atoms with van der Waals surface area (Å²) in [4.78, 5) is 0. The van der Waals surface area contributed by atoms with Crippen molar-refractivity contribution in [3.05, 3.63) is 0 Å². The van der Waals surface area contributed by atoms with Crippen LogP contribution in [0.4, 0.5) is 0 Å². The van der Waals surface area contributed by atoms with Gasteiger partial charge in [0.1, 0.15) is 6.10 Å². The van der Waals surface area contributed by atoms with Crippen molar-refractivity contribution in [2.24, 2.45) is 0 Å². The Balaban J connectivity index is 3.56. The lowest BCUT2D eigenvalue weighted by Crippen LogP contribution is -2.31. The lowest BCUT2D eigenvalue weighted by Gasteiger charge is -2.18. The first kappa shape index (κ1) is 9.88. The van der Waals surface area contributed by atoms with E-state index in [-0.39, 0.29) is 12.7 Å². The fourth-order valence-corrected chi connectivity index (χ4v) is 0.833. The Hall–Kier alpha value is -0.120. The van der Waals surface area contributed by atoms with Gasteiger partial charge in [0.05, 0.1) is 12.7 Å². The predicted octanol–water partition coefficient (Wildman–Crippen LogP) is 0.155. The van der Waals surface area contributed by atoms with Crippen LogP contribution in [0.2, 0.25) is 0 Å². The molecular formula is C7H16O3. The SMILES string of the molecule is CCOC(CC)C(O)CO. The zero-order chi connectivity index (χ0) is 7.98. The number of hydrogen-bond donors (Lipinski definition) is 2. The highest BCUT2D eigenvalue weighted by molar-refractivity contribution is 4.65. The van der Waals surface area contributed by atoms with Crippen molar-refractivity contribution >= 4 is 0 Å². The third-order valence-corrected chi connectivity index (χ3v) is 1.40. The van der Waals surface area contributed by atoms with Gasteiger partial charge in [0.2, 0.25) is 0 Å². The van der Waals surface area contributed by atoms with Gasteiger partial charge in [-0.15, -0.1) is 0 Å². The fourth-order valence-electron chi connectivity index (χ4n) is 0.833. The molecule has 0 amide bonds. The summed E-state index contributed by atoms with van der Waals surface area (Å²) >= 11 is 0. The first-order valence-corrected chi connectivity index (χ1v) is 3.66. The van der Waals surface area contributed by atoms with Crippen molar-refractivity contribution in [2.75, 3.05) is 13.2 Å². The van der Waals surface area contributed by atoms with Crippen LogP contribution >= 0.6 is 0 Å². The molecule has 0 spiro atoms. The van der Waals surface area contributed by atoms with Crippen LogP contribution in [0.25, 0.3) is 0 Å². The zero-order valence-electron chi connectivity index (χ0n) is 6.58. The summed E-state index contributed by atoms with van der Waals surface area (Å²) in [6, 6.07) is 0. The normalized spacial score (nSPS) is 16.8. The summed E-state index contributed by atoms with van der Waals surface area (Å²) in [7, 11) is 0. The van der Waals surface area contributed by atoms with Crippen LogP contribution in [0, 0.1) is 0 Å². The maximum atomic E-state index is 9.07. The molecule has 2 N–H and O–H groups in total. The van der Waals surface area contributed by atoms with Crippen molar-refractivity contribution in [1.82, 2.24) is 0 Å². The molecule has 2 atom stereocenters. The summed E-state index contributed by atoms with van der Waals surface area (Å²) in [6.45, 7) is 4.14. The number of aliphatic hydroxyl groups excluding tert-OH is 2. The molecule has 0 heterocycles. The average Bonchev–Trinajstić information content (AvgIpc) is 1.99. The number of hydrogen-bond acceptors (Lipinski definition) is 3. The molecule has 0 rings (SSSR count). The lowest BCUT2D eigenvalue weighted by atomic mass is 10.2. The quantitative estimate of drug-likeness (QED) is 0.583. The Morgan fingerprint density at radius 3 is 2.30 bits per heavy atom. The molecule has 2 unspecified atom stereocenters. The molecule has 0 saturated heterocycles. The second-order valence-corrected chi connectivity index (χ2v) is 2.15. The number of ether oxygens (including phenoxy) is 1. The molecule has 3 heteroatoms. The van der Waals surface area contributed by atoms with Crippen molar-refractivity contribution in [2.45, 2.75) is 32.5 Å². The van der Waals surface area contributed by atoms with E-state index in [0.717, 1.165) is 6.42 Å². The minimum atomic E-state index is -0.732. The fraction of sp³-hybridized carbons (Fsp3) is 1.00. The molecule has 0 aliphatic rings. The van der Waals surface area contributed by atoms with E-state index in [1.807, 2.05) is 13.8 Å². The molecule has 62 valence electrons. The summed E-state index contributed by atoms with van der Waals surface area (Å²) in [5, 5.41) is 17.6. The lowest BCUT2D eigenvalue weighted by molar-refractivity contribution is -0.0550. The summed E-state index contributed by atoms with van der Waals surface area (Å²) in [6.07, 6.45) is -0.213. The van der Waals surface area contributed by atoms with Gasteiger partial charge in [-0.25, -0.2) is 0 Å². The molecule has 0 bridgehead atoms. The second-order valence-electron chi connectivity index (χ2n) is 2.15. The smallest absolute Gasteiger partial charge is 0.103 e. The molecule has 0 fully saturated rings. The van der Waals surface area contributed by atoms with E-state index in [4.69, 9.17) is 14.9 Å². The molecule has 0 aromatic rings.